The lowest BCUT2D eigenvalue weighted by molar-refractivity contribution is -0.130. The van der Waals surface area contributed by atoms with Crippen LogP contribution in [0.25, 0.3) is 0 Å². The smallest absolute Gasteiger partial charge is 0.243 e. The molecule has 0 N–H and O–H groups in total. The Morgan fingerprint density at radius 3 is 2.48 bits per heavy atom. The highest BCUT2D eigenvalue weighted by Gasteiger charge is 2.22. The number of aromatic nitrogens is 1. The average Bonchev–Trinajstić information content (AvgIpc) is 3.17. The van der Waals surface area contributed by atoms with Crippen LogP contribution in [0.3, 0.4) is 0 Å². The maximum atomic E-state index is 12.5. The Morgan fingerprint density at radius 1 is 1.04 bits per heavy atom. The van der Waals surface area contributed by atoms with Gasteiger partial charge < -0.3 is 0 Å². The van der Waals surface area contributed by atoms with Gasteiger partial charge in [0, 0.05) is 31.5 Å². The molecule has 1 aromatic heterocycles. The fourth-order valence-electron chi connectivity index (χ4n) is 2.95. The lowest BCUT2D eigenvalue weighted by Gasteiger charge is -2.11. The zero-order chi connectivity index (χ0) is 19.2. The molecule has 3 rings (SSSR count). The van der Waals surface area contributed by atoms with E-state index in [9.17, 15) is 9.59 Å². The Morgan fingerprint density at radius 2 is 1.74 bits per heavy atom. The largest absolute Gasteiger partial charge is 0.274 e. The standard InChI is InChI=1S/C21H24N4O2/c1-16(2)22-19-10-6-7-14-24(19)20(26)11-12-21(27)25-15-13-18(23-25)17-8-4-3-5-9-17/h3-10,14,16H,11-13,15H2,1-2H3. The second-order valence-corrected chi connectivity index (χ2v) is 6.73. The Labute approximate surface area is 158 Å². The number of carbonyl (C=O) groups is 2. The van der Waals surface area contributed by atoms with Crippen molar-refractivity contribution in [1.29, 1.82) is 0 Å². The van der Waals surface area contributed by atoms with Crippen LogP contribution in [-0.4, -0.2) is 39.7 Å². The van der Waals surface area contributed by atoms with E-state index in [2.05, 4.69) is 10.1 Å². The zero-order valence-corrected chi connectivity index (χ0v) is 15.7. The topological polar surface area (TPSA) is 67.0 Å². The minimum atomic E-state index is -0.144. The molecule has 140 valence electrons. The summed E-state index contributed by atoms with van der Waals surface area (Å²) >= 11 is 0. The molecule has 1 amide bonds. The van der Waals surface area contributed by atoms with E-state index in [0.29, 0.717) is 12.0 Å². The van der Waals surface area contributed by atoms with Gasteiger partial charge in [-0.3, -0.25) is 19.1 Å². The Balaban J connectivity index is 1.64. The predicted octanol–water partition coefficient (Wildman–Crippen LogP) is 2.85. The first-order valence-electron chi connectivity index (χ1n) is 9.22. The van der Waals surface area contributed by atoms with Crippen molar-refractivity contribution in [1.82, 2.24) is 9.58 Å². The molecule has 0 saturated heterocycles. The molecular weight excluding hydrogens is 340 g/mol. The number of hydrogen-bond donors (Lipinski definition) is 0. The van der Waals surface area contributed by atoms with Gasteiger partial charge in [0.1, 0.15) is 5.49 Å². The summed E-state index contributed by atoms with van der Waals surface area (Å²) in [5.74, 6) is -0.275. The molecule has 6 heteroatoms. The molecule has 27 heavy (non-hydrogen) atoms. The highest BCUT2D eigenvalue weighted by molar-refractivity contribution is 6.02. The third-order valence-corrected chi connectivity index (χ3v) is 4.25. The third-order valence-electron chi connectivity index (χ3n) is 4.25. The molecular formula is C21H24N4O2. The van der Waals surface area contributed by atoms with Crippen molar-refractivity contribution in [2.24, 2.45) is 10.1 Å². The van der Waals surface area contributed by atoms with Gasteiger partial charge in [0.2, 0.25) is 11.8 Å². The summed E-state index contributed by atoms with van der Waals surface area (Å²) in [5.41, 5.74) is 2.55. The number of benzene rings is 1. The number of hydrazone groups is 1. The number of nitrogens with zero attached hydrogens (tertiary/aromatic N) is 4. The summed E-state index contributed by atoms with van der Waals surface area (Å²) in [7, 11) is 0. The SMILES string of the molecule is CC(C)N=c1ccccn1C(=O)CCC(=O)N1CCC(c2ccccc2)=N1. The quantitative estimate of drug-likeness (QED) is 0.819. The van der Waals surface area contributed by atoms with Gasteiger partial charge in [-0.05, 0) is 31.5 Å². The van der Waals surface area contributed by atoms with Gasteiger partial charge >= 0.3 is 0 Å². The van der Waals surface area contributed by atoms with E-state index in [1.165, 1.54) is 9.58 Å². The van der Waals surface area contributed by atoms with E-state index < -0.39 is 0 Å². The van der Waals surface area contributed by atoms with Gasteiger partial charge in [-0.2, -0.15) is 5.10 Å². The summed E-state index contributed by atoms with van der Waals surface area (Å²) in [6.45, 7) is 4.48. The molecule has 0 unspecified atom stereocenters. The Kier molecular flexibility index (Phi) is 5.96. The van der Waals surface area contributed by atoms with E-state index in [0.717, 1.165) is 17.7 Å². The number of amides is 1. The van der Waals surface area contributed by atoms with Crippen molar-refractivity contribution < 1.29 is 9.59 Å². The molecule has 2 heterocycles. The lowest BCUT2D eigenvalue weighted by Crippen LogP contribution is -2.29. The molecule has 0 bridgehead atoms. The van der Waals surface area contributed by atoms with E-state index in [1.807, 2.05) is 50.2 Å². The van der Waals surface area contributed by atoms with Gasteiger partial charge in [-0.25, -0.2) is 5.01 Å². The normalized spacial score (nSPS) is 14.6. The first kappa shape index (κ1) is 18.8. The van der Waals surface area contributed by atoms with Crippen molar-refractivity contribution >= 4 is 17.5 Å². The number of hydrogen-bond acceptors (Lipinski definition) is 4. The van der Waals surface area contributed by atoms with E-state index in [1.54, 1.807) is 18.3 Å². The highest BCUT2D eigenvalue weighted by Crippen LogP contribution is 2.15. The Hall–Kier alpha value is -3.02. The zero-order valence-electron chi connectivity index (χ0n) is 15.7. The summed E-state index contributed by atoms with van der Waals surface area (Å²) in [6, 6.07) is 15.4. The first-order valence-corrected chi connectivity index (χ1v) is 9.22. The molecule has 1 aliphatic rings. The maximum absolute atomic E-state index is 12.5. The molecule has 6 nitrogen and oxygen atoms in total. The molecule has 0 radical (unpaired) electrons. The molecule has 0 spiro atoms. The molecule has 0 saturated carbocycles. The van der Waals surface area contributed by atoms with Crippen LogP contribution in [0.15, 0.2) is 64.8 Å². The van der Waals surface area contributed by atoms with Gasteiger partial charge in [0.05, 0.1) is 12.3 Å². The molecule has 2 aromatic rings. The molecule has 1 aliphatic heterocycles. The summed E-state index contributed by atoms with van der Waals surface area (Å²) < 4.78 is 1.51. The second-order valence-electron chi connectivity index (χ2n) is 6.73. The van der Waals surface area contributed by atoms with Gasteiger partial charge in [-0.15, -0.1) is 0 Å². The van der Waals surface area contributed by atoms with Crippen LogP contribution < -0.4 is 5.49 Å². The predicted molar refractivity (Wildman–Crippen MR) is 104 cm³/mol. The van der Waals surface area contributed by atoms with Gasteiger partial charge in [0.15, 0.2) is 0 Å². The number of carbonyl (C=O) groups excluding carboxylic acids is 2. The monoisotopic (exact) mass is 364 g/mol. The summed E-state index contributed by atoms with van der Waals surface area (Å²) in [6.07, 6.45) is 2.68. The van der Waals surface area contributed by atoms with Gasteiger partial charge in [0.25, 0.3) is 0 Å². The summed E-state index contributed by atoms with van der Waals surface area (Å²) in [4.78, 5) is 29.5. The van der Waals surface area contributed by atoms with Crippen molar-refractivity contribution in [3.63, 3.8) is 0 Å². The minimum absolute atomic E-state index is 0.0865. The fraction of sp³-hybridized carbons (Fsp3) is 0.333. The minimum Gasteiger partial charge on any atom is -0.274 e. The lowest BCUT2D eigenvalue weighted by atomic mass is 10.1. The summed E-state index contributed by atoms with van der Waals surface area (Å²) in [5, 5.41) is 5.91. The Bertz CT molecular complexity index is 913. The van der Waals surface area contributed by atoms with E-state index in [-0.39, 0.29) is 30.7 Å². The van der Waals surface area contributed by atoms with Crippen LogP contribution in [0.1, 0.15) is 43.5 Å². The van der Waals surface area contributed by atoms with Crippen LogP contribution in [0, 0.1) is 0 Å². The average molecular weight is 364 g/mol. The number of rotatable bonds is 5. The molecule has 0 atom stereocenters. The first-order chi connectivity index (χ1) is 13.0. The van der Waals surface area contributed by atoms with Crippen molar-refractivity contribution in [2.75, 3.05) is 6.54 Å². The van der Waals surface area contributed by atoms with Crippen LogP contribution in [0.5, 0.6) is 0 Å². The molecule has 0 fully saturated rings. The van der Waals surface area contributed by atoms with Crippen molar-refractivity contribution in [3.05, 3.63) is 65.8 Å². The maximum Gasteiger partial charge on any atom is 0.243 e. The van der Waals surface area contributed by atoms with Gasteiger partial charge in [-0.1, -0.05) is 36.4 Å². The number of pyridine rings is 1. The van der Waals surface area contributed by atoms with Crippen molar-refractivity contribution in [2.45, 2.75) is 39.2 Å². The van der Waals surface area contributed by atoms with Crippen LogP contribution in [0.4, 0.5) is 0 Å². The third kappa shape index (κ3) is 4.78. The second kappa shape index (κ2) is 8.58. The van der Waals surface area contributed by atoms with E-state index in [4.69, 9.17) is 0 Å². The van der Waals surface area contributed by atoms with Crippen LogP contribution in [-0.2, 0) is 4.79 Å². The van der Waals surface area contributed by atoms with Crippen LogP contribution in [0.2, 0.25) is 0 Å². The fourth-order valence-corrected chi connectivity index (χ4v) is 2.95. The van der Waals surface area contributed by atoms with Crippen molar-refractivity contribution in [3.8, 4) is 0 Å². The molecule has 1 aromatic carbocycles. The van der Waals surface area contributed by atoms with Crippen LogP contribution >= 0.6 is 0 Å². The highest BCUT2D eigenvalue weighted by atomic mass is 16.2. The van der Waals surface area contributed by atoms with E-state index >= 15 is 0 Å². The molecule has 0 aliphatic carbocycles.